The van der Waals surface area contributed by atoms with Crippen molar-refractivity contribution in [1.29, 1.82) is 0 Å². The van der Waals surface area contributed by atoms with E-state index < -0.39 is 17.5 Å². The van der Waals surface area contributed by atoms with Crippen LogP contribution in [-0.2, 0) is 6.54 Å². The highest BCUT2D eigenvalue weighted by atomic mass is 19.2. The first kappa shape index (κ1) is 17.5. The summed E-state index contributed by atoms with van der Waals surface area (Å²) in [6, 6.07) is 14.6. The second-order valence-corrected chi connectivity index (χ2v) is 5.86. The van der Waals surface area contributed by atoms with Crippen LogP contribution in [0.3, 0.4) is 0 Å². The predicted molar refractivity (Wildman–Crippen MR) is 97.1 cm³/mol. The van der Waals surface area contributed by atoms with Gasteiger partial charge in [0.2, 0.25) is 0 Å². The topological polar surface area (TPSA) is 54.0 Å². The summed E-state index contributed by atoms with van der Waals surface area (Å²) >= 11 is 0. The van der Waals surface area contributed by atoms with Gasteiger partial charge in [0, 0.05) is 24.5 Å². The lowest BCUT2D eigenvalue weighted by atomic mass is 10.1. The lowest BCUT2D eigenvalue weighted by Crippen LogP contribution is -2.13. The molecule has 0 aliphatic rings. The third kappa shape index (κ3) is 4.42. The SMILES string of the molecule is Cc1cccc(CNc2ccc(C(=O)Nc3ccc(F)c(F)c3)cn2)c1. The summed E-state index contributed by atoms with van der Waals surface area (Å²) in [5.41, 5.74) is 2.81. The number of rotatable bonds is 5. The maximum absolute atomic E-state index is 13.2. The molecule has 2 aromatic carbocycles. The summed E-state index contributed by atoms with van der Waals surface area (Å²) in [4.78, 5) is 16.4. The van der Waals surface area contributed by atoms with Crippen LogP contribution in [0.15, 0.2) is 60.8 Å². The van der Waals surface area contributed by atoms with Gasteiger partial charge in [0.25, 0.3) is 5.91 Å². The second kappa shape index (κ2) is 7.74. The maximum Gasteiger partial charge on any atom is 0.257 e. The van der Waals surface area contributed by atoms with Crippen molar-refractivity contribution in [2.24, 2.45) is 0 Å². The first-order chi connectivity index (χ1) is 12.5. The Morgan fingerprint density at radius 3 is 2.58 bits per heavy atom. The summed E-state index contributed by atoms with van der Waals surface area (Å²) < 4.78 is 26.1. The molecule has 6 heteroatoms. The third-order valence-electron chi connectivity index (χ3n) is 3.76. The van der Waals surface area contributed by atoms with Crippen molar-refractivity contribution < 1.29 is 13.6 Å². The number of aromatic nitrogens is 1. The van der Waals surface area contributed by atoms with Crippen LogP contribution in [0.5, 0.6) is 0 Å². The third-order valence-corrected chi connectivity index (χ3v) is 3.76. The van der Waals surface area contributed by atoms with Crippen molar-refractivity contribution in [3.8, 4) is 0 Å². The van der Waals surface area contributed by atoms with Crippen LogP contribution < -0.4 is 10.6 Å². The molecular formula is C20H17F2N3O. The fraction of sp³-hybridized carbons (Fsp3) is 0.100. The van der Waals surface area contributed by atoms with E-state index in [4.69, 9.17) is 0 Å². The first-order valence-electron chi connectivity index (χ1n) is 8.03. The van der Waals surface area contributed by atoms with E-state index in [1.807, 2.05) is 25.1 Å². The van der Waals surface area contributed by atoms with E-state index in [-0.39, 0.29) is 5.69 Å². The average molecular weight is 353 g/mol. The minimum absolute atomic E-state index is 0.176. The lowest BCUT2D eigenvalue weighted by Gasteiger charge is -2.08. The number of pyridine rings is 1. The molecule has 4 nitrogen and oxygen atoms in total. The number of anilines is 2. The van der Waals surface area contributed by atoms with E-state index in [1.165, 1.54) is 17.8 Å². The molecule has 3 rings (SSSR count). The van der Waals surface area contributed by atoms with Crippen molar-refractivity contribution >= 4 is 17.4 Å². The standard InChI is InChI=1S/C20H17F2N3O/c1-13-3-2-4-14(9-13)11-23-19-8-5-15(12-24-19)20(26)25-16-6-7-17(21)18(22)10-16/h2-10,12H,11H2,1H3,(H,23,24)(H,25,26). The number of nitrogens with one attached hydrogen (secondary N) is 2. The number of halogens is 2. The Balaban J connectivity index is 1.61. The molecule has 26 heavy (non-hydrogen) atoms. The van der Waals surface area contributed by atoms with Crippen LogP contribution in [0, 0.1) is 18.6 Å². The normalized spacial score (nSPS) is 10.4. The molecule has 0 saturated carbocycles. The van der Waals surface area contributed by atoms with Crippen molar-refractivity contribution in [1.82, 2.24) is 4.98 Å². The molecule has 132 valence electrons. The molecule has 1 amide bonds. The molecule has 2 N–H and O–H groups in total. The van der Waals surface area contributed by atoms with Gasteiger partial charge in [0.1, 0.15) is 5.82 Å². The van der Waals surface area contributed by atoms with E-state index in [0.717, 1.165) is 17.7 Å². The molecule has 0 aliphatic heterocycles. The Morgan fingerprint density at radius 2 is 1.88 bits per heavy atom. The molecule has 0 aliphatic carbocycles. The van der Waals surface area contributed by atoms with Gasteiger partial charge in [0.15, 0.2) is 11.6 Å². The summed E-state index contributed by atoms with van der Waals surface area (Å²) in [6.07, 6.45) is 1.42. The first-order valence-corrected chi connectivity index (χ1v) is 8.03. The Morgan fingerprint density at radius 1 is 1.04 bits per heavy atom. The number of hydrogen-bond acceptors (Lipinski definition) is 3. The van der Waals surface area contributed by atoms with Gasteiger partial charge in [-0.05, 0) is 36.8 Å². The van der Waals surface area contributed by atoms with Crippen LogP contribution in [0.1, 0.15) is 21.5 Å². The molecule has 1 aromatic heterocycles. The van der Waals surface area contributed by atoms with Crippen LogP contribution in [0.4, 0.5) is 20.3 Å². The number of aryl methyl sites for hydroxylation is 1. The summed E-state index contributed by atoms with van der Waals surface area (Å²) in [7, 11) is 0. The summed E-state index contributed by atoms with van der Waals surface area (Å²) in [6.45, 7) is 2.65. The monoisotopic (exact) mass is 353 g/mol. The van der Waals surface area contributed by atoms with Gasteiger partial charge < -0.3 is 10.6 Å². The highest BCUT2D eigenvalue weighted by Gasteiger charge is 2.09. The highest BCUT2D eigenvalue weighted by molar-refractivity contribution is 6.04. The Bertz CT molecular complexity index is 927. The second-order valence-electron chi connectivity index (χ2n) is 5.86. The van der Waals surface area contributed by atoms with E-state index in [2.05, 4.69) is 21.7 Å². The Kier molecular flexibility index (Phi) is 5.22. The molecule has 0 radical (unpaired) electrons. The summed E-state index contributed by atoms with van der Waals surface area (Å²) in [5, 5.41) is 5.69. The van der Waals surface area contributed by atoms with E-state index >= 15 is 0 Å². The Hall–Kier alpha value is -3.28. The van der Waals surface area contributed by atoms with Gasteiger partial charge >= 0.3 is 0 Å². The zero-order valence-corrected chi connectivity index (χ0v) is 14.1. The van der Waals surface area contributed by atoms with Gasteiger partial charge in [-0.15, -0.1) is 0 Å². The van der Waals surface area contributed by atoms with Crippen LogP contribution >= 0.6 is 0 Å². The largest absolute Gasteiger partial charge is 0.366 e. The number of benzene rings is 2. The fourth-order valence-electron chi connectivity index (χ4n) is 2.42. The van der Waals surface area contributed by atoms with Crippen molar-refractivity contribution in [2.45, 2.75) is 13.5 Å². The molecule has 0 fully saturated rings. The van der Waals surface area contributed by atoms with Crippen molar-refractivity contribution in [3.05, 3.63) is 89.1 Å². The Labute approximate surface area is 149 Å². The minimum atomic E-state index is -1.02. The smallest absolute Gasteiger partial charge is 0.257 e. The van der Waals surface area contributed by atoms with Crippen molar-refractivity contribution in [2.75, 3.05) is 10.6 Å². The van der Waals surface area contributed by atoms with E-state index in [0.29, 0.717) is 17.9 Å². The van der Waals surface area contributed by atoms with Crippen LogP contribution in [0.25, 0.3) is 0 Å². The van der Waals surface area contributed by atoms with Gasteiger partial charge in [0.05, 0.1) is 5.56 Å². The van der Waals surface area contributed by atoms with E-state index in [1.54, 1.807) is 12.1 Å². The summed E-state index contributed by atoms with van der Waals surface area (Å²) in [5.74, 6) is -1.80. The number of carbonyl (C=O) groups is 1. The van der Waals surface area contributed by atoms with Gasteiger partial charge in [-0.2, -0.15) is 0 Å². The highest BCUT2D eigenvalue weighted by Crippen LogP contribution is 2.15. The predicted octanol–water partition coefficient (Wildman–Crippen LogP) is 4.53. The van der Waals surface area contributed by atoms with Crippen LogP contribution in [-0.4, -0.2) is 10.9 Å². The molecule has 0 saturated heterocycles. The van der Waals surface area contributed by atoms with Crippen LogP contribution in [0.2, 0.25) is 0 Å². The quantitative estimate of drug-likeness (QED) is 0.708. The maximum atomic E-state index is 13.2. The van der Waals surface area contributed by atoms with Crippen molar-refractivity contribution in [3.63, 3.8) is 0 Å². The van der Waals surface area contributed by atoms with Gasteiger partial charge in [-0.25, -0.2) is 13.8 Å². The number of hydrogen-bond donors (Lipinski definition) is 2. The molecule has 0 atom stereocenters. The van der Waals surface area contributed by atoms with Gasteiger partial charge in [-0.3, -0.25) is 4.79 Å². The van der Waals surface area contributed by atoms with E-state index in [9.17, 15) is 13.6 Å². The lowest BCUT2D eigenvalue weighted by molar-refractivity contribution is 0.102. The number of nitrogens with zero attached hydrogens (tertiary/aromatic N) is 1. The molecule has 3 aromatic rings. The molecule has 0 unspecified atom stereocenters. The molecule has 0 bridgehead atoms. The molecule has 0 spiro atoms. The number of amides is 1. The van der Waals surface area contributed by atoms with Gasteiger partial charge in [-0.1, -0.05) is 29.8 Å². The zero-order chi connectivity index (χ0) is 18.5. The molecular weight excluding hydrogens is 336 g/mol. The fourth-order valence-corrected chi connectivity index (χ4v) is 2.42. The molecule has 1 heterocycles. The number of carbonyl (C=O) groups excluding carboxylic acids is 1. The minimum Gasteiger partial charge on any atom is -0.366 e. The zero-order valence-electron chi connectivity index (χ0n) is 14.1. The average Bonchev–Trinajstić information content (AvgIpc) is 2.63.